The van der Waals surface area contributed by atoms with Gasteiger partial charge in [-0.25, -0.2) is 22.9 Å². The smallest absolute Gasteiger partial charge is 0.335 e. The zero-order valence-electron chi connectivity index (χ0n) is 11.2. The first-order chi connectivity index (χ1) is 9.88. The number of carbonyl (C=O) groups is 1. The molecule has 1 heterocycles. The van der Waals surface area contributed by atoms with Gasteiger partial charge in [0.25, 0.3) is 0 Å². The van der Waals surface area contributed by atoms with Crippen LogP contribution in [-0.4, -0.2) is 31.0 Å². The average molecular weight is 310 g/mol. The Balaban J connectivity index is 1.99. The van der Waals surface area contributed by atoms with Gasteiger partial charge in [-0.15, -0.1) is 0 Å². The van der Waals surface area contributed by atoms with E-state index in [0.29, 0.717) is 18.0 Å². The second-order valence-corrected chi connectivity index (χ2v) is 6.10. The van der Waals surface area contributed by atoms with Crippen LogP contribution in [-0.2, 0) is 16.4 Å². The molecule has 2 rings (SSSR count). The third-order valence-corrected chi connectivity index (χ3v) is 4.23. The van der Waals surface area contributed by atoms with Crippen LogP contribution in [0.15, 0.2) is 39.8 Å². The molecule has 0 spiro atoms. The average Bonchev–Trinajstić information content (AvgIpc) is 2.84. The summed E-state index contributed by atoms with van der Waals surface area (Å²) in [4.78, 5) is 14.8. The normalized spacial score (nSPS) is 11.5. The summed E-state index contributed by atoms with van der Waals surface area (Å²) in [5.74, 6) is -0.578. The second kappa shape index (κ2) is 6.06. The van der Waals surface area contributed by atoms with Crippen molar-refractivity contribution < 1.29 is 22.7 Å². The van der Waals surface area contributed by atoms with Crippen molar-refractivity contribution in [2.75, 3.05) is 6.54 Å². The van der Waals surface area contributed by atoms with E-state index in [1.54, 1.807) is 6.92 Å². The topological polar surface area (TPSA) is 110 Å². The van der Waals surface area contributed by atoms with Gasteiger partial charge in [-0.2, -0.15) is 0 Å². The molecule has 1 aromatic heterocycles. The first-order valence-corrected chi connectivity index (χ1v) is 7.61. The molecule has 112 valence electrons. The Morgan fingerprint density at radius 1 is 1.33 bits per heavy atom. The summed E-state index contributed by atoms with van der Waals surface area (Å²) in [7, 11) is -3.67. The Morgan fingerprint density at radius 2 is 2.00 bits per heavy atom. The van der Waals surface area contributed by atoms with Crippen molar-refractivity contribution in [1.29, 1.82) is 0 Å². The van der Waals surface area contributed by atoms with Gasteiger partial charge < -0.3 is 9.52 Å². The molecule has 2 N–H and O–H groups in total. The van der Waals surface area contributed by atoms with E-state index in [2.05, 4.69) is 9.71 Å². The highest BCUT2D eigenvalue weighted by Crippen LogP contribution is 2.10. The number of nitrogens with one attached hydrogen (secondary N) is 1. The molecule has 0 saturated carbocycles. The van der Waals surface area contributed by atoms with Gasteiger partial charge in [0.05, 0.1) is 16.2 Å². The minimum Gasteiger partial charge on any atom is -0.478 e. The van der Waals surface area contributed by atoms with Gasteiger partial charge >= 0.3 is 5.97 Å². The Hall–Kier alpha value is -2.19. The number of benzene rings is 1. The third-order valence-electron chi connectivity index (χ3n) is 2.75. The maximum Gasteiger partial charge on any atom is 0.335 e. The van der Waals surface area contributed by atoms with Crippen LogP contribution in [0, 0.1) is 6.92 Å². The Bertz CT molecular complexity index is 734. The number of hydrogen-bond donors (Lipinski definition) is 2. The number of hydrogen-bond acceptors (Lipinski definition) is 5. The molecule has 0 aliphatic rings. The van der Waals surface area contributed by atoms with Gasteiger partial charge in [-0.05, 0) is 24.3 Å². The number of aryl methyl sites for hydroxylation is 1. The quantitative estimate of drug-likeness (QED) is 0.829. The molecule has 0 amide bonds. The molecular weight excluding hydrogens is 296 g/mol. The first kappa shape index (κ1) is 15.2. The van der Waals surface area contributed by atoms with E-state index in [1.165, 1.54) is 30.5 Å². The van der Waals surface area contributed by atoms with Crippen molar-refractivity contribution in [2.45, 2.75) is 18.2 Å². The van der Waals surface area contributed by atoms with E-state index in [-0.39, 0.29) is 17.0 Å². The van der Waals surface area contributed by atoms with Gasteiger partial charge in [-0.1, -0.05) is 0 Å². The summed E-state index contributed by atoms with van der Waals surface area (Å²) in [5, 5.41) is 8.77. The van der Waals surface area contributed by atoms with Crippen molar-refractivity contribution in [1.82, 2.24) is 9.71 Å². The van der Waals surface area contributed by atoms with Gasteiger partial charge in [0, 0.05) is 19.9 Å². The van der Waals surface area contributed by atoms with Gasteiger partial charge in [-0.3, -0.25) is 0 Å². The van der Waals surface area contributed by atoms with E-state index in [0.717, 1.165) is 0 Å². The van der Waals surface area contributed by atoms with Crippen LogP contribution in [0.1, 0.15) is 21.9 Å². The number of oxazole rings is 1. The fourth-order valence-corrected chi connectivity index (χ4v) is 2.73. The van der Waals surface area contributed by atoms with Gasteiger partial charge in [0.2, 0.25) is 10.0 Å². The largest absolute Gasteiger partial charge is 0.478 e. The van der Waals surface area contributed by atoms with Crippen LogP contribution < -0.4 is 4.72 Å². The summed E-state index contributed by atoms with van der Waals surface area (Å²) in [6.45, 7) is 1.88. The highest BCUT2D eigenvalue weighted by Gasteiger charge is 2.14. The fraction of sp³-hybridized carbons (Fsp3) is 0.231. The number of aromatic nitrogens is 1. The molecule has 1 aromatic carbocycles. The Morgan fingerprint density at radius 3 is 2.52 bits per heavy atom. The lowest BCUT2D eigenvalue weighted by Crippen LogP contribution is -2.26. The molecule has 2 aromatic rings. The van der Waals surface area contributed by atoms with Crippen LogP contribution in [0.25, 0.3) is 0 Å². The minimum atomic E-state index is -3.67. The molecule has 0 aliphatic carbocycles. The summed E-state index contributed by atoms with van der Waals surface area (Å²) >= 11 is 0. The zero-order valence-corrected chi connectivity index (χ0v) is 12.1. The number of sulfonamides is 1. The number of carboxylic acids is 1. The number of nitrogens with zero attached hydrogens (tertiary/aromatic N) is 1. The van der Waals surface area contributed by atoms with Crippen molar-refractivity contribution >= 4 is 16.0 Å². The molecule has 0 unspecified atom stereocenters. The van der Waals surface area contributed by atoms with Gasteiger partial charge in [0.1, 0.15) is 6.26 Å². The lowest BCUT2D eigenvalue weighted by molar-refractivity contribution is 0.0696. The van der Waals surface area contributed by atoms with Crippen LogP contribution in [0.2, 0.25) is 0 Å². The highest BCUT2D eigenvalue weighted by molar-refractivity contribution is 7.89. The second-order valence-electron chi connectivity index (χ2n) is 4.34. The molecule has 0 aliphatic heterocycles. The van der Waals surface area contributed by atoms with E-state index in [1.807, 2.05) is 0 Å². The van der Waals surface area contributed by atoms with Crippen molar-refractivity contribution in [3.05, 3.63) is 47.7 Å². The summed E-state index contributed by atoms with van der Waals surface area (Å²) in [6.07, 6.45) is 1.88. The minimum absolute atomic E-state index is 0.0174. The molecule has 0 saturated heterocycles. The Kier molecular flexibility index (Phi) is 4.39. The highest BCUT2D eigenvalue weighted by atomic mass is 32.2. The van der Waals surface area contributed by atoms with E-state index in [9.17, 15) is 13.2 Å². The maximum absolute atomic E-state index is 12.0. The number of rotatable bonds is 6. The van der Waals surface area contributed by atoms with Crippen LogP contribution in [0.4, 0.5) is 0 Å². The van der Waals surface area contributed by atoms with Crippen molar-refractivity contribution in [3.63, 3.8) is 0 Å². The fourth-order valence-electron chi connectivity index (χ4n) is 1.70. The molecule has 8 heteroatoms. The predicted molar refractivity (Wildman–Crippen MR) is 73.5 cm³/mol. The van der Waals surface area contributed by atoms with E-state index in [4.69, 9.17) is 9.52 Å². The van der Waals surface area contributed by atoms with Crippen LogP contribution in [0.3, 0.4) is 0 Å². The Labute approximate surface area is 121 Å². The number of carboxylic acid groups (broad SMARTS) is 1. The molecule has 0 fully saturated rings. The van der Waals surface area contributed by atoms with E-state index >= 15 is 0 Å². The van der Waals surface area contributed by atoms with Gasteiger partial charge in [0.15, 0.2) is 5.89 Å². The summed E-state index contributed by atoms with van der Waals surface area (Å²) in [6, 6.07) is 5.01. The third kappa shape index (κ3) is 3.89. The molecule has 7 nitrogen and oxygen atoms in total. The van der Waals surface area contributed by atoms with Crippen LogP contribution >= 0.6 is 0 Å². The lowest BCUT2D eigenvalue weighted by atomic mass is 10.2. The molecule has 0 atom stereocenters. The van der Waals surface area contributed by atoms with Crippen LogP contribution in [0.5, 0.6) is 0 Å². The van der Waals surface area contributed by atoms with Crippen molar-refractivity contribution in [3.8, 4) is 0 Å². The molecule has 0 radical (unpaired) electrons. The SMILES string of the molecule is Cc1nc(CCNS(=O)(=O)c2ccc(C(=O)O)cc2)co1. The summed E-state index contributed by atoms with van der Waals surface area (Å²) in [5.41, 5.74) is 0.698. The number of aromatic carboxylic acids is 1. The first-order valence-electron chi connectivity index (χ1n) is 6.12. The molecular formula is C13H14N2O5S. The molecule has 21 heavy (non-hydrogen) atoms. The zero-order chi connectivity index (χ0) is 15.5. The van der Waals surface area contributed by atoms with E-state index < -0.39 is 16.0 Å². The summed E-state index contributed by atoms with van der Waals surface area (Å²) < 4.78 is 31.5. The lowest BCUT2D eigenvalue weighted by Gasteiger charge is -2.06. The monoisotopic (exact) mass is 310 g/mol. The predicted octanol–water partition coefficient (Wildman–Crippen LogP) is 1.20. The molecule has 0 bridgehead atoms. The van der Waals surface area contributed by atoms with Crippen molar-refractivity contribution in [2.24, 2.45) is 0 Å². The standard InChI is InChI=1S/C13H14N2O5S/c1-9-15-11(8-20-9)6-7-14-21(18,19)12-4-2-10(3-5-12)13(16)17/h2-5,8,14H,6-7H2,1H3,(H,16,17). The maximum atomic E-state index is 12.0.